The van der Waals surface area contributed by atoms with Crippen molar-refractivity contribution >= 4 is 64.4 Å². The number of barbiturate groups is 1. The Balaban J connectivity index is 1.48. The topological polar surface area (TPSA) is 105 Å². The molecule has 3 aromatic rings. The van der Waals surface area contributed by atoms with E-state index in [9.17, 15) is 19.2 Å². The quantitative estimate of drug-likeness (QED) is 0.370. The van der Waals surface area contributed by atoms with Crippen molar-refractivity contribution in [2.24, 2.45) is 0 Å². The van der Waals surface area contributed by atoms with Gasteiger partial charge in [-0.15, -0.1) is 0 Å². The van der Waals surface area contributed by atoms with Gasteiger partial charge < -0.3 is 10.1 Å². The van der Waals surface area contributed by atoms with Crippen molar-refractivity contribution in [1.29, 1.82) is 0 Å². The van der Waals surface area contributed by atoms with Gasteiger partial charge in [0.25, 0.3) is 17.7 Å². The molecule has 0 aromatic heterocycles. The molecule has 1 heterocycles. The second-order valence-corrected chi connectivity index (χ2v) is 8.23. The summed E-state index contributed by atoms with van der Waals surface area (Å²) in [7, 11) is 0. The summed E-state index contributed by atoms with van der Waals surface area (Å²) in [4.78, 5) is 50.7. The Labute approximate surface area is 210 Å². The number of carbonyl (C=O) groups is 4. The third-order valence-electron chi connectivity index (χ3n) is 4.84. The molecule has 3 aromatic carbocycles. The van der Waals surface area contributed by atoms with Gasteiger partial charge in [-0.3, -0.25) is 19.7 Å². The Morgan fingerprint density at radius 3 is 2.43 bits per heavy atom. The molecule has 35 heavy (non-hydrogen) atoms. The maximum atomic E-state index is 13.0. The summed E-state index contributed by atoms with van der Waals surface area (Å²) in [5, 5.41) is 5.71. The van der Waals surface area contributed by atoms with E-state index in [1.54, 1.807) is 60.7 Å². The molecule has 4 rings (SSSR count). The molecule has 0 aliphatic carbocycles. The Morgan fingerprint density at radius 2 is 1.69 bits per heavy atom. The van der Waals surface area contributed by atoms with Crippen LogP contribution >= 0.6 is 23.2 Å². The molecule has 8 nitrogen and oxygen atoms in total. The van der Waals surface area contributed by atoms with E-state index in [1.807, 2.05) is 0 Å². The highest BCUT2D eigenvalue weighted by Gasteiger charge is 2.36. The third kappa shape index (κ3) is 5.87. The number of amides is 5. The number of hydrogen-bond acceptors (Lipinski definition) is 5. The molecule has 0 atom stereocenters. The summed E-state index contributed by atoms with van der Waals surface area (Å²) < 4.78 is 5.54. The molecule has 1 fully saturated rings. The molecule has 176 valence electrons. The number of halogens is 2. The number of urea groups is 1. The standard InChI is InChI=1S/C25H17Cl2N3O5/c26-16-7-9-18(10-8-16)28-22(31)14-35-20-6-1-3-15(11-20)12-21-23(32)29-25(34)30(24(21)33)19-5-2-4-17(27)13-19/h1-13H,14H2,(H,28,31)(H,29,32,34)/b21-12-. The van der Waals surface area contributed by atoms with E-state index in [0.717, 1.165) is 4.90 Å². The molecule has 1 saturated heterocycles. The largest absolute Gasteiger partial charge is 0.484 e. The molecule has 10 heteroatoms. The minimum absolute atomic E-state index is 0.224. The summed E-state index contributed by atoms with van der Waals surface area (Å²) in [6.45, 7) is -0.265. The normalized spacial score (nSPS) is 14.6. The second-order valence-electron chi connectivity index (χ2n) is 7.35. The summed E-state index contributed by atoms with van der Waals surface area (Å²) in [6.07, 6.45) is 1.34. The molecule has 0 unspecified atom stereocenters. The van der Waals surface area contributed by atoms with Gasteiger partial charge in [0, 0.05) is 15.7 Å². The van der Waals surface area contributed by atoms with Crippen LogP contribution in [0.15, 0.2) is 78.4 Å². The highest BCUT2D eigenvalue weighted by Crippen LogP contribution is 2.25. The Morgan fingerprint density at radius 1 is 0.943 bits per heavy atom. The summed E-state index contributed by atoms with van der Waals surface area (Å²) in [6, 6.07) is 18.4. The fraction of sp³-hybridized carbons (Fsp3) is 0.0400. The van der Waals surface area contributed by atoms with Crippen LogP contribution in [0.3, 0.4) is 0 Å². The van der Waals surface area contributed by atoms with Crippen molar-refractivity contribution in [2.45, 2.75) is 0 Å². The van der Waals surface area contributed by atoms with Crippen LogP contribution in [-0.2, 0) is 14.4 Å². The van der Waals surface area contributed by atoms with E-state index in [4.69, 9.17) is 27.9 Å². The number of anilines is 2. The van der Waals surface area contributed by atoms with Crippen LogP contribution in [0.2, 0.25) is 10.0 Å². The number of carbonyl (C=O) groups excluding carboxylic acids is 4. The minimum Gasteiger partial charge on any atom is -0.484 e. The van der Waals surface area contributed by atoms with Crippen molar-refractivity contribution in [1.82, 2.24) is 5.32 Å². The van der Waals surface area contributed by atoms with Gasteiger partial charge in [-0.2, -0.15) is 0 Å². The van der Waals surface area contributed by atoms with Crippen LogP contribution < -0.4 is 20.3 Å². The molecule has 5 amide bonds. The number of imide groups is 2. The molecule has 0 saturated carbocycles. The monoisotopic (exact) mass is 509 g/mol. The van der Waals surface area contributed by atoms with Gasteiger partial charge in [-0.25, -0.2) is 9.69 Å². The van der Waals surface area contributed by atoms with Crippen LogP contribution in [0.25, 0.3) is 6.08 Å². The van der Waals surface area contributed by atoms with Crippen LogP contribution in [-0.4, -0.2) is 30.4 Å². The van der Waals surface area contributed by atoms with Crippen LogP contribution in [0.5, 0.6) is 5.75 Å². The Hall–Kier alpha value is -4.14. The molecule has 1 aliphatic heterocycles. The van der Waals surface area contributed by atoms with E-state index in [-0.39, 0.29) is 23.8 Å². The lowest BCUT2D eigenvalue weighted by Gasteiger charge is -2.26. The lowest BCUT2D eigenvalue weighted by atomic mass is 10.1. The van der Waals surface area contributed by atoms with E-state index >= 15 is 0 Å². The van der Waals surface area contributed by atoms with Gasteiger partial charge in [0.2, 0.25) is 0 Å². The number of rotatable bonds is 6. The number of nitrogens with one attached hydrogen (secondary N) is 2. The van der Waals surface area contributed by atoms with Gasteiger partial charge in [-0.1, -0.05) is 41.4 Å². The van der Waals surface area contributed by atoms with E-state index in [1.165, 1.54) is 18.2 Å². The first kappa shape index (κ1) is 24.0. The van der Waals surface area contributed by atoms with Crippen molar-refractivity contribution in [2.75, 3.05) is 16.8 Å². The number of hydrogen-bond donors (Lipinski definition) is 2. The number of nitrogens with zero attached hydrogens (tertiary/aromatic N) is 1. The highest BCUT2D eigenvalue weighted by atomic mass is 35.5. The van der Waals surface area contributed by atoms with Crippen molar-refractivity contribution < 1.29 is 23.9 Å². The Bertz CT molecular complexity index is 1360. The fourth-order valence-electron chi connectivity index (χ4n) is 3.25. The minimum atomic E-state index is -0.872. The van der Waals surface area contributed by atoms with E-state index in [2.05, 4.69) is 10.6 Å². The predicted octanol–water partition coefficient (Wildman–Crippen LogP) is 4.68. The molecule has 0 spiro atoms. The molecular formula is C25H17Cl2N3O5. The molecule has 0 bridgehead atoms. The van der Waals surface area contributed by atoms with Gasteiger partial charge in [0.15, 0.2) is 6.61 Å². The van der Waals surface area contributed by atoms with E-state index in [0.29, 0.717) is 27.0 Å². The summed E-state index contributed by atoms with van der Waals surface area (Å²) in [5.74, 6) is -1.66. The van der Waals surface area contributed by atoms with Gasteiger partial charge in [0.05, 0.1) is 5.69 Å². The van der Waals surface area contributed by atoms with Crippen LogP contribution in [0.4, 0.5) is 16.2 Å². The zero-order valence-electron chi connectivity index (χ0n) is 18.0. The molecular weight excluding hydrogens is 493 g/mol. The van der Waals surface area contributed by atoms with Crippen molar-refractivity contribution in [3.63, 3.8) is 0 Å². The van der Waals surface area contributed by atoms with Crippen molar-refractivity contribution in [3.8, 4) is 5.75 Å². The number of benzene rings is 3. The fourth-order valence-corrected chi connectivity index (χ4v) is 3.56. The van der Waals surface area contributed by atoms with Crippen molar-refractivity contribution in [3.05, 3.63) is 94.0 Å². The maximum Gasteiger partial charge on any atom is 0.335 e. The van der Waals surface area contributed by atoms with Gasteiger partial charge in [0.1, 0.15) is 11.3 Å². The lowest BCUT2D eigenvalue weighted by molar-refractivity contribution is -0.122. The smallest absolute Gasteiger partial charge is 0.335 e. The Kier molecular flexibility index (Phi) is 7.14. The lowest BCUT2D eigenvalue weighted by Crippen LogP contribution is -2.54. The van der Waals surface area contributed by atoms with Crippen LogP contribution in [0, 0.1) is 0 Å². The zero-order valence-corrected chi connectivity index (χ0v) is 19.5. The van der Waals surface area contributed by atoms with E-state index < -0.39 is 17.8 Å². The molecule has 1 aliphatic rings. The zero-order chi connectivity index (χ0) is 24.9. The van der Waals surface area contributed by atoms with Gasteiger partial charge >= 0.3 is 6.03 Å². The SMILES string of the molecule is O=C(COc1cccc(/C=C2/C(=O)NC(=O)N(c3cccc(Cl)c3)C2=O)c1)Nc1ccc(Cl)cc1. The first-order chi connectivity index (χ1) is 16.8. The summed E-state index contributed by atoms with van der Waals surface area (Å²) >= 11 is 11.8. The predicted molar refractivity (Wildman–Crippen MR) is 132 cm³/mol. The average molecular weight is 510 g/mol. The second kappa shape index (κ2) is 10.4. The first-order valence-electron chi connectivity index (χ1n) is 10.3. The third-order valence-corrected chi connectivity index (χ3v) is 5.32. The molecule has 2 N–H and O–H groups in total. The summed E-state index contributed by atoms with van der Waals surface area (Å²) in [5.41, 5.74) is 1.01. The first-order valence-corrected chi connectivity index (χ1v) is 11.0. The maximum absolute atomic E-state index is 13.0. The highest BCUT2D eigenvalue weighted by molar-refractivity contribution is 6.39. The van der Waals surface area contributed by atoms with Gasteiger partial charge in [-0.05, 0) is 66.2 Å². The molecule has 0 radical (unpaired) electrons. The number of ether oxygens (including phenoxy) is 1. The van der Waals surface area contributed by atoms with Crippen LogP contribution in [0.1, 0.15) is 5.56 Å². The average Bonchev–Trinajstić information content (AvgIpc) is 2.82.